The van der Waals surface area contributed by atoms with Crippen LogP contribution in [-0.2, 0) is 4.79 Å². The van der Waals surface area contributed by atoms with Crippen LogP contribution in [0.4, 0.5) is 10.1 Å². The predicted molar refractivity (Wildman–Crippen MR) is 106 cm³/mol. The molecular weight excluding hydrogens is 345 g/mol. The molecule has 5 heteroatoms. The number of ether oxygens (including phenoxy) is 1. The number of benzene rings is 2. The number of carbonyl (C=O) groups excluding carboxylic acids is 1. The van der Waals surface area contributed by atoms with Gasteiger partial charge in [0.2, 0.25) is 5.91 Å². The zero-order valence-corrected chi connectivity index (χ0v) is 15.9. The standard InChI is InChI=1S/C22H22FNO3/c1-5-26-21-15(4)22-19(14(3)12-27-22)11-18(21)13(2)9-20(25)24-17-8-6-7-16(23)10-17/h6-12H,5H2,1-4H3,(H,24,25)/b13-9+. The molecule has 0 atom stereocenters. The Labute approximate surface area is 157 Å². The van der Waals surface area contributed by atoms with E-state index >= 15 is 0 Å². The van der Waals surface area contributed by atoms with Crippen molar-refractivity contribution in [2.75, 3.05) is 11.9 Å². The number of furan rings is 1. The third-order valence-electron chi connectivity index (χ3n) is 4.39. The maximum atomic E-state index is 13.3. The number of allylic oxidation sites excluding steroid dienone is 1. The summed E-state index contributed by atoms with van der Waals surface area (Å²) in [6.45, 7) is 8.19. The lowest BCUT2D eigenvalue weighted by atomic mass is 9.98. The van der Waals surface area contributed by atoms with E-state index in [1.807, 2.05) is 33.8 Å². The number of nitrogens with one attached hydrogen (secondary N) is 1. The van der Waals surface area contributed by atoms with Gasteiger partial charge in [-0.2, -0.15) is 0 Å². The molecule has 2 aromatic carbocycles. The van der Waals surface area contributed by atoms with Gasteiger partial charge in [0, 0.05) is 28.3 Å². The minimum Gasteiger partial charge on any atom is -0.493 e. The van der Waals surface area contributed by atoms with Crippen molar-refractivity contribution in [1.29, 1.82) is 0 Å². The van der Waals surface area contributed by atoms with Crippen LogP contribution in [0.5, 0.6) is 5.75 Å². The first-order valence-corrected chi connectivity index (χ1v) is 8.80. The maximum Gasteiger partial charge on any atom is 0.248 e. The smallest absolute Gasteiger partial charge is 0.248 e. The topological polar surface area (TPSA) is 51.5 Å². The summed E-state index contributed by atoms with van der Waals surface area (Å²) >= 11 is 0. The van der Waals surface area contributed by atoms with E-state index in [1.165, 1.54) is 18.2 Å². The molecule has 0 saturated carbocycles. The second-order valence-corrected chi connectivity index (χ2v) is 6.43. The van der Waals surface area contributed by atoms with Gasteiger partial charge in [-0.25, -0.2) is 4.39 Å². The Kier molecular flexibility index (Phi) is 5.31. The third kappa shape index (κ3) is 3.87. The Hall–Kier alpha value is -3.08. The summed E-state index contributed by atoms with van der Waals surface area (Å²) in [5.74, 6) is -0.0301. The normalized spacial score (nSPS) is 11.7. The summed E-state index contributed by atoms with van der Waals surface area (Å²) in [5, 5.41) is 3.67. The van der Waals surface area contributed by atoms with Gasteiger partial charge in [0.15, 0.2) is 0 Å². The quantitative estimate of drug-likeness (QED) is 0.595. The van der Waals surface area contributed by atoms with Gasteiger partial charge in [0.25, 0.3) is 0 Å². The first-order valence-electron chi connectivity index (χ1n) is 8.80. The molecule has 0 fully saturated rings. The summed E-state index contributed by atoms with van der Waals surface area (Å²) in [4.78, 5) is 12.4. The van der Waals surface area contributed by atoms with E-state index in [-0.39, 0.29) is 5.91 Å². The minimum atomic E-state index is -0.399. The van der Waals surface area contributed by atoms with Crippen molar-refractivity contribution in [3.63, 3.8) is 0 Å². The van der Waals surface area contributed by atoms with Gasteiger partial charge in [-0.3, -0.25) is 4.79 Å². The van der Waals surface area contributed by atoms with Crippen molar-refractivity contribution < 1.29 is 18.3 Å². The lowest BCUT2D eigenvalue weighted by molar-refractivity contribution is -0.111. The highest BCUT2D eigenvalue weighted by atomic mass is 19.1. The van der Waals surface area contributed by atoms with E-state index in [0.29, 0.717) is 18.0 Å². The number of amides is 1. The fraction of sp³-hybridized carbons (Fsp3) is 0.227. The van der Waals surface area contributed by atoms with Crippen LogP contribution in [0.25, 0.3) is 16.5 Å². The van der Waals surface area contributed by atoms with Gasteiger partial charge in [-0.1, -0.05) is 6.07 Å². The second-order valence-electron chi connectivity index (χ2n) is 6.43. The Morgan fingerprint density at radius 2 is 2.07 bits per heavy atom. The molecule has 0 unspecified atom stereocenters. The molecule has 0 saturated heterocycles. The van der Waals surface area contributed by atoms with Gasteiger partial charge in [0.05, 0.1) is 12.9 Å². The van der Waals surface area contributed by atoms with Crippen LogP contribution >= 0.6 is 0 Å². The Balaban J connectivity index is 1.99. The fourth-order valence-corrected chi connectivity index (χ4v) is 3.08. The summed E-state index contributed by atoms with van der Waals surface area (Å²) in [5.41, 5.74) is 4.70. The molecule has 0 aliphatic rings. The van der Waals surface area contributed by atoms with Crippen LogP contribution in [-0.4, -0.2) is 12.5 Å². The van der Waals surface area contributed by atoms with Gasteiger partial charge < -0.3 is 14.5 Å². The molecule has 1 aromatic heterocycles. The Morgan fingerprint density at radius 1 is 1.30 bits per heavy atom. The van der Waals surface area contributed by atoms with E-state index in [1.54, 1.807) is 18.4 Å². The highest BCUT2D eigenvalue weighted by molar-refractivity contribution is 6.05. The highest BCUT2D eigenvalue weighted by Gasteiger charge is 2.17. The number of carbonyl (C=O) groups is 1. The van der Waals surface area contributed by atoms with E-state index in [4.69, 9.17) is 9.15 Å². The van der Waals surface area contributed by atoms with Crippen molar-refractivity contribution in [2.45, 2.75) is 27.7 Å². The molecule has 3 aromatic rings. The molecule has 0 aliphatic carbocycles. The van der Waals surface area contributed by atoms with Gasteiger partial charge in [0.1, 0.15) is 17.1 Å². The zero-order valence-electron chi connectivity index (χ0n) is 15.9. The lowest BCUT2D eigenvalue weighted by Crippen LogP contribution is -2.09. The van der Waals surface area contributed by atoms with Crippen LogP contribution in [0.3, 0.4) is 0 Å². The molecule has 4 nitrogen and oxygen atoms in total. The molecule has 3 rings (SSSR count). The Bertz CT molecular complexity index is 1030. The summed E-state index contributed by atoms with van der Waals surface area (Å²) in [6.07, 6.45) is 3.20. The van der Waals surface area contributed by atoms with E-state index in [9.17, 15) is 9.18 Å². The summed E-state index contributed by atoms with van der Waals surface area (Å²) in [7, 11) is 0. The Morgan fingerprint density at radius 3 is 2.78 bits per heavy atom. The number of hydrogen-bond acceptors (Lipinski definition) is 3. The van der Waals surface area contributed by atoms with Crippen LogP contribution in [0.2, 0.25) is 0 Å². The molecule has 0 aliphatic heterocycles. The molecule has 0 spiro atoms. The molecular formula is C22H22FNO3. The van der Waals surface area contributed by atoms with Crippen molar-refractivity contribution in [2.24, 2.45) is 0 Å². The first kappa shape index (κ1) is 18.7. The van der Waals surface area contributed by atoms with Crippen LogP contribution < -0.4 is 10.1 Å². The molecule has 1 amide bonds. The highest BCUT2D eigenvalue weighted by Crippen LogP contribution is 2.37. The molecule has 140 valence electrons. The van der Waals surface area contributed by atoms with Crippen molar-refractivity contribution in [1.82, 2.24) is 0 Å². The van der Waals surface area contributed by atoms with Crippen molar-refractivity contribution >= 4 is 28.1 Å². The second kappa shape index (κ2) is 7.66. The van der Waals surface area contributed by atoms with Crippen molar-refractivity contribution in [3.05, 3.63) is 65.2 Å². The SMILES string of the molecule is CCOc1c(/C(C)=C/C(=O)Nc2cccc(F)c2)cc2c(C)coc2c1C. The molecule has 27 heavy (non-hydrogen) atoms. The first-order chi connectivity index (χ1) is 12.9. The minimum absolute atomic E-state index is 0.331. The lowest BCUT2D eigenvalue weighted by Gasteiger charge is -2.14. The van der Waals surface area contributed by atoms with Gasteiger partial charge in [-0.05, 0) is 63.1 Å². The van der Waals surface area contributed by atoms with Crippen molar-refractivity contribution in [3.8, 4) is 5.75 Å². The molecule has 0 radical (unpaired) electrons. The number of hydrogen-bond donors (Lipinski definition) is 1. The predicted octanol–water partition coefficient (Wildman–Crippen LogP) is 5.63. The van der Waals surface area contributed by atoms with Crippen LogP contribution in [0.1, 0.15) is 30.5 Å². The third-order valence-corrected chi connectivity index (χ3v) is 4.39. The number of anilines is 1. The largest absolute Gasteiger partial charge is 0.493 e. The summed E-state index contributed by atoms with van der Waals surface area (Å²) in [6, 6.07) is 7.77. The molecule has 1 heterocycles. The van der Waals surface area contributed by atoms with Crippen LogP contribution in [0.15, 0.2) is 47.1 Å². The summed E-state index contributed by atoms with van der Waals surface area (Å²) < 4.78 is 24.8. The number of halogens is 1. The molecule has 1 N–H and O–H groups in total. The van der Waals surface area contributed by atoms with E-state index < -0.39 is 5.82 Å². The number of fused-ring (bicyclic) bond motifs is 1. The number of aryl methyl sites for hydroxylation is 2. The fourth-order valence-electron chi connectivity index (χ4n) is 3.08. The van der Waals surface area contributed by atoms with E-state index in [2.05, 4.69) is 5.32 Å². The molecule has 0 bridgehead atoms. The monoisotopic (exact) mass is 367 g/mol. The van der Waals surface area contributed by atoms with Gasteiger partial charge >= 0.3 is 0 Å². The zero-order chi connectivity index (χ0) is 19.6. The van der Waals surface area contributed by atoms with E-state index in [0.717, 1.165) is 33.2 Å². The number of rotatable bonds is 5. The van der Waals surface area contributed by atoms with Gasteiger partial charge in [-0.15, -0.1) is 0 Å². The average Bonchev–Trinajstić information content (AvgIpc) is 2.98. The van der Waals surface area contributed by atoms with Crippen LogP contribution in [0, 0.1) is 19.7 Å². The maximum absolute atomic E-state index is 13.3. The average molecular weight is 367 g/mol.